The van der Waals surface area contributed by atoms with Gasteiger partial charge >= 0.3 is 257 Å². The minimum atomic E-state index is -2.32. The zero-order chi connectivity index (χ0) is 28.0. The zero-order valence-electron chi connectivity index (χ0n) is 25.3. The van der Waals surface area contributed by atoms with Crippen molar-refractivity contribution in [2.24, 2.45) is 0 Å². The molecule has 1 heterocycles. The summed E-state index contributed by atoms with van der Waals surface area (Å²) in [4.78, 5) is 0. The van der Waals surface area contributed by atoms with Crippen LogP contribution in [0.15, 0.2) is 97.1 Å². The molecule has 0 saturated carbocycles. The Morgan fingerprint density at radius 2 is 1.31 bits per heavy atom. The summed E-state index contributed by atoms with van der Waals surface area (Å²) in [5.41, 5.74) is 12.7. The van der Waals surface area contributed by atoms with Crippen molar-refractivity contribution in [1.29, 1.82) is 0 Å². The number of hydrogen-bond acceptors (Lipinski definition) is 0. The Kier molecular flexibility index (Phi) is 8.15. The van der Waals surface area contributed by atoms with Gasteiger partial charge in [0, 0.05) is 0 Å². The van der Waals surface area contributed by atoms with Gasteiger partial charge in [-0.25, -0.2) is 0 Å². The van der Waals surface area contributed by atoms with Crippen molar-refractivity contribution in [3.63, 3.8) is 0 Å². The van der Waals surface area contributed by atoms with Gasteiger partial charge in [0.1, 0.15) is 0 Å². The van der Waals surface area contributed by atoms with Crippen LogP contribution in [0.5, 0.6) is 0 Å². The van der Waals surface area contributed by atoms with Crippen molar-refractivity contribution in [2.75, 3.05) is 0 Å². The van der Waals surface area contributed by atoms with Crippen LogP contribution in [0.3, 0.4) is 0 Å². The van der Waals surface area contributed by atoms with Gasteiger partial charge in [-0.1, -0.05) is 0 Å². The second kappa shape index (κ2) is 10.9. The fourth-order valence-corrected chi connectivity index (χ4v) is 15.0. The summed E-state index contributed by atoms with van der Waals surface area (Å²) in [5.74, 6) is 0. The molecule has 211 valence electrons. The summed E-state index contributed by atoms with van der Waals surface area (Å²) in [6.07, 6.45) is 8.07. The summed E-state index contributed by atoms with van der Waals surface area (Å²) >= 11 is 1.11. The Morgan fingerprint density at radius 3 is 1.81 bits per heavy atom. The van der Waals surface area contributed by atoms with E-state index in [-0.39, 0.29) is 35.6 Å². The molecule has 0 N–H and O–H groups in total. The second-order valence-electron chi connectivity index (χ2n) is 13.8. The molecule has 0 amide bonds. The summed E-state index contributed by atoms with van der Waals surface area (Å²) in [6.45, 7) is 14.4. The van der Waals surface area contributed by atoms with Crippen molar-refractivity contribution in [3.8, 4) is 11.1 Å². The van der Waals surface area contributed by atoms with E-state index in [1.165, 1.54) is 27.1 Å². The quantitative estimate of drug-likeness (QED) is 0.240. The third-order valence-corrected chi connectivity index (χ3v) is 16.1. The molecule has 0 bridgehead atoms. The van der Waals surface area contributed by atoms with Crippen molar-refractivity contribution in [2.45, 2.75) is 62.5 Å². The Labute approximate surface area is 280 Å². The zero-order valence-corrected chi connectivity index (χ0v) is 31.4. The molecular formula is C38H37Cl2HfSi. The molecule has 0 nitrogen and oxygen atoms in total. The first-order chi connectivity index (χ1) is 19.1. The summed E-state index contributed by atoms with van der Waals surface area (Å²) in [7, 11) is -2.32. The van der Waals surface area contributed by atoms with Crippen LogP contribution in [0.1, 0.15) is 79.5 Å². The van der Waals surface area contributed by atoms with Gasteiger partial charge in [0.05, 0.1) is 0 Å². The Balaban J connectivity index is 0.00000176. The van der Waals surface area contributed by atoms with Gasteiger partial charge in [-0.05, 0) is 0 Å². The maximum Gasteiger partial charge on any atom is -1.00 e. The molecule has 0 spiro atoms. The first-order valence-corrected chi connectivity index (χ1v) is 18.7. The molecule has 7 rings (SSSR count). The van der Waals surface area contributed by atoms with Crippen LogP contribution < -0.4 is 45.6 Å². The summed E-state index contributed by atoms with van der Waals surface area (Å²) in [5, 5.41) is 6.46. The smallest absolute Gasteiger partial charge is 1.00 e. The number of benzene rings is 4. The van der Waals surface area contributed by atoms with Crippen molar-refractivity contribution in [3.05, 3.63) is 125 Å². The molecule has 3 aliphatic rings. The van der Waals surface area contributed by atoms with E-state index < -0.39 is 8.07 Å². The second-order valence-corrected chi connectivity index (χ2v) is 19.6. The Hall–Kier alpha value is -1.97. The van der Waals surface area contributed by atoms with Gasteiger partial charge in [-0.2, -0.15) is 0 Å². The normalized spacial score (nSPS) is 17.4. The first-order valence-electron chi connectivity index (χ1n) is 14.6. The Bertz CT molecular complexity index is 1700. The minimum Gasteiger partial charge on any atom is -1.00 e. The van der Waals surface area contributed by atoms with Gasteiger partial charge in [0.2, 0.25) is 0 Å². The van der Waals surface area contributed by atoms with Crippen molar-refractivity contribution >= 4 is 34.4 Å². The molecule has 4 heteroatoms. The van der Waals surface area contributed by atoms with Gasteiger partial charge in [-0.3, -0.25) is 0 Å². The molecule has 0 fully saturated rings. The van der Waals surface area contributed by atoms with Gasteiger partial charge in [-0.15, -0.1) is 0 Å². The number of allylic oxidation sites excluding steroid dienone is 4. The fourth-order valence-electron chi connectivity index (χ4n) is 7.48. The number of fused-ring (bicyclic) bond motifs is 5. The predicted molar refractivity (Wildman–Crippen MR) is 170 cm³/mol. The maximum absolute atomic E-state index is 2.57. The van der Waals surface area contributed by atoms with Crippen LogP contribution >= 0.6 is 0 Å². The average Bonchev–Trinajstić information content (AvgIpc) is 3.20. The van der Waals surface area contributed by atoms with E-state index in [9.17, 15) is 0 Å². The fraction of sp³-hybridized carbons (Fsp3) is 0.263. The van der Waals surface area contributed by atoms with E-state index in [4.69, 9.17) is 0 Å². The van der Waals surface area contributed by atoms with Crippen LogP contribution in [-0.4, -0.2) is 8.07 Å². The van der Waals surface area contributed by atoms with Crippen LogP contribution in [0.4, 0.5) is 0 Å². The van der Waals surface area contributed by atoms with Crippen molar-refractivity contribution in [1.82, 2.24) is 0 Å². The standard InChI is InChI=1S/C38H37Si.2ClH.Hf/c1-37(2,3)27-21-22-30-26(23-27)24-31-32(25-15-13-14-16-25)34(38(4,5)6)36-35(33(30)31)39(36,28-17-9-7-10-18-28)29-19-11-8-12-20-29;;;/h7-15,17-24H,16H2,1-6H3;2*1H;/q;;;+2/p-2. The SMILES string of the molecule is CC(C)(C)c1ccc2c(c1)[CH]([Hf+2])c1c(C3=CC=CC3)c(C(C)(C)C)c3c(c1-2)[Si]3(c1ccccc1)c1ccccc1.[Cl-].[Cl-]. The molecule has 1 unspecified atom stereocenters. The number of hydrogen-bond donors (Lipinski definition) is 0. The topological polar surface area (TPSA) is 0 Å². The molecule has 4 aromatic rings. The summed E-state index contributed by atoms with van der Waals surface area (Å²) in [6, 6.07) is 30.5. The van der Waals surface area contributed by atoms with E-state index in [1.54, 1.807) is 38.2 Å². The van der Waals surface area contributed by atoms with Crippen molar-refractivity contribution < 1.29 is 49.2 Å². The largest absolute Gasteiger partial charge is 1.00 e. The van der Waals surface area contributed by atoms with E-state index in [0.717, 1.165) is 30.8 Å². The average molecular weight is 771 g/mol. The minimum absolute atomic E-state index is 0. The molecule has 2 aliphatic carbocycles. The molecular weight excluding hydrogens is 734 g/mol. The molecule has 1 atom stereocenters. The van der Waals surface area contributed by atoms with Crippen LogP contribution in [0.25, 0.3) is 16.7 Å². The van der Waals surface area contributed by atoms with E-state index >= 15 is 0 Å². The molecule has 0 saturated heterocycles. The Morgan fingerprint density at radius 1 is 0.714 bits per heavy atom. The third-order valence-electron chi connectivity index (χ3n) is 9.27. The van der Waals surface area contributed by atoms with Crippen LogP contribution in [0, 0.1) is 0 Å². The number of halogens is 2. The van der Waals surface area contributed by atoms with E-state index in [0.29, 0.717) is 3.67 Å². The van der Waals surface area contributed by atoms with E-state index in [1.807, 2.05) is 0 Å². The molecule has 1 aliphatic heterocycles. The number of rotatable bonds is 3. The molecule has 42 heavy (non-hydrogen) atoms. The molecule has 4 aromatic carbocycles. The van der Waals surface area contributed by atoms with Crippen LogP contribution in [0.2, 0.25) is 0 Å². The monoisotopic (exact) mass is 771 g/mol. The third kappa shape index (κ3) is 4.47. The first kappa shape index (κ1) is 31.5. The van der Waals surface area contributed by atoms with Crippen LogP contribution in [-0.2, 0) is 35.2 Å². The van der Waals surface area contributed by atoms with E-state index in [2.05, 4.69) is 139 Å². The maximum atomic E-state index is 2.57. The molecule has 0 aromatic heterocycles. The van der Waals surface area contributed by atoms with Gasteiger partial charge < -0.3 is 24.8 Å². The predicted octanol–water partition coefficient (Wildman–Crippen LogP) is 0.940. The summed E-state index contributed by atoms with van der Waals surface area (Å²) < 4.78 is 0.508. The van der Waals surface area contributed by atoms with Gasteiger partial charge in [0.25, 0.3) is 0 Å². The van der Waals surface area contributed by atoms with Gasteiger partial charge in [0.15, 0.2) is 0 Å². The molecule has 0 radical (unpaired) electrons.